The van der Waals surface area contributed by atoms with Crippen molar-refractivity contribution in [2.45, 2.75) is 53.0 Å². The normalized spacial score (nSPS) is 17.1. The number of hydrogen-bond donors (Lipinski definition) is 0. The Morgan fingerprint density at radius 2 is 1.86 bits per heavy atom. The molecule has 1 fully saturated rings. The van der Waals surface area contributed by atoms with Crippen LogP contribution in [0.3, 0.4) is 0 Å². The number of carbonyl (C=O) groups excluding carboxylic acids is 1. The summed E-state index contributed by atoms with van der Waals surface area (Å²) in [4.78, 5) is 24.2. The van der Waals surface area contributed by atoms with E-state index >= 15 is 0 Å². The minimum absolute atomic E-state index is 0.132. The molecule has 8 nitrogen and oxygen atoms in total. The van der Waals surface area contributed by atoms with Crippen LogP contribution < -0.4 is 0 Å². The van der Waals surface area contributed by atoms with E-state index in [9.17, 15) is 4.79 Å². The van der Waals surface area contributed by atoms with Crippen LogP contribution in [0.2, 0.25) is 0 Å². The molecule has 4 heterocycles. The Kier molecular flexibility index (Phi) is 4.70. The maximum Gasteiger partial charge on any atom is 0.293 e. The van der Waals surface area contributed by atoms with Gasteiger partial charge in [-0.05, 0) is 53.0 Å². The van der Waals surface area contributed by atoms with Gasteiger partial charge in [-0.3, -0.25) is 4.79 Å². The summed E-state index contributed by atoms with van der Waals surface area (Å²) in [6.07, 6.45) is 2.83. The highest BCUT2D eigenvalue weighted by molar-refractivity contribution is 5.91. The maximum absolute atomic E-state index is 13.0. The van der Waals surface area contributed by atoms with Gasteiger partial charge in [-0.1, -0.05) is 10.3 Å². The van der Waals surface area contributed by atoms with E-state index < -0.39 is 0 Å². The zero-order valence-corrected chi connectivity index (χ0v) is 16.5. The Labute approximate surface area is 162 Å². The van der Waals surface area contributed by atoms with Gasteiger partial charge >= 0.3 is 0 Å². The van der Waals surface area contributed by atoms with Gasteiger partial charge in [-0.2, -0.15) is 0 Å². The lowest BCUT2D eigenvalue weighted by molar-refractivity contribution is 0.0563. The second-order valence-corrected chi connectivity index (χ2v) is 7.30. The lowest BCUT2D eigenvalue weighted by Gasteiger charge is -2.34. The van der Waals surface area contributed by atoms with Gasteiger partial charge in [0.25, 0.3) is 5.91 Å². The molecule has 0 N–H and O–H groups in total. The van der Waals surface area contributed by atoms with Crippen LogP contribution in [0.5, 0.6) is 0 Å². The van der Waals surface area contributed by atoms with Crippen molar-refractivity contribution in [2.75, 3.05) is 6.54 Å². The lowest BCUT2D eigenvalue weighted by atomic mass is 9.98. The minimum atomic E-state index is -0.152. The van der Waals surface area contributed by atoms with Gasteiger partial charge in [0.1, 0.15) is 5.76 Å². The van der Waals surface area contributed by atoms with Gasteiger partial charge in [0.05, 0.1) is 28.7 Å². The maximum atomic E-state index is 13.0. The molecule has 28 heavy (non-hydrogen) atoms. The molecule has 4 rings (SSSR count). The number of aromatic nitrogens is 4. The van der Waals surface area contributed by atoms with Gasteiger partial charge in [-0.15, -0.1) is 0 Å². The largest absolute Gasteiger partial charge is 0.361 e. The summed E-state index contributed by atoms with van der Waals surface area (Å²) in [5, 5.41) is 7.86. The van der Waals surface area contributed by atoms with Crippen LogP contribution in [-0.4, -0.2) is 37.6 Å². The first-order chi connectivity index (χ1) is 13.4. The van der Waals surface area contributed by atoms with Crippen LogP contribution in [0.4, 0.5) is 0 Å². The third-order valence-corrected chi connectivity index (χ3v) is 5.07. The van der Waals surface area contributed by atoms with E-state index in [2.05, 4.69) is 15.3 Å². The first-order valence-corrected chi connectivity index (χ1v) is 9.47. The third-order valence-electron chi connectivity index (χ3n) is 5.07. The Hall–Kier alpha value is -3.03. The van der Waals surface area contributed by atoms with Gasteiger partial charge in [0.15, 0.2) is 5.82 Å². The van der Waals surface area contributed by atoms with E-state index in [0.29, 0.717) is 23.8 Å². The molecule has 146 valence electrons. The van der Waals surface area contributed by atoms with Crippen molar-refractivity contribution in [3.8, 4) is 11.4 Å². The highest BCUT2D eigenvalue weighted by atomic mass is 16.5. The Bertz CT molecular complexity index is 1000. The van der Waals surface area contributed by atoms with E-state index in [1.54, 1.807) is 13.0 Å². The Morgan fingerprint density at radius 1 is 1.04 bits per heavy atom. The molecular formula is C20H23N5O3. The first-order valence-electron chi connectivity index (χ1n) is 9.47. The predicted molar refractivity (Wildman–Crippen MR) is 101 cm³/mol. The molecular weight excluding hydrogens is 358 g/mol. The number of carbonyl (C=O) groups is 1. The fourth-order valence-corrected chi connectivity index (χ4v) is 3.77. The number of aryl methyl sites for hydroxylation is 4. The van der Waals surface area contributed by atoms with Crippen LogP contribution in [-0.2, 0) is 0 Å². The van der Waals surface area contributed by atoms with E-state index in [-0.39, 0.29) is 17.7 Å². The van der Waals surface area contributed by atoms with Crippen molar-refractivity contribution in [1.82, 2.24) is 25.2 Å². The molecule has 3 aromatic rings. The second kappa shape index (κ2) is 7.18. The molecule has 0 bridgehead atoms. The van der Waals surface area contributed by atoms with Crippen molar-refractivity contribution in [3.63, 3.8) is 0 Å². The molecule has 1 aliphatic heterocycles. The van der Waals surface area contributed by atoms with Gasteiger partial charge in [-0.25, -0.2) is 9.97 Å². The van der Waals surface area contributed by atoms with Crippen molar-refractivity contribution >= 4 is 5.91 Å². The van der Waals surface area contributed by atoms with E-state index in [4.69, 9.17) is 14.0 Å². The van der Waals surface area contributed by atoms with Crippen LogP contribution >= 0.6 is 0 Å². The van der Waals surface area contributed by atoms with Crippen LogP contribution in [0.1, 0.15) is 64.4 Å². The van der Waals surface area contributed by atoms with Crippen molar-refractivity contribution < 1.29 is 13.8 Å². The number of nitrogens with zero attached hydrogens (tertiary/aromatic N) is 5. The second-order valence-electron chi connectivity index (χ2n) is 7.30. The summed E-state index contributed by atoms with van der Waals surface area (Å²) < 4.78 is 10.5. The van der Waals surface area contributed by atoms with Crippen LogP contribution in [0, 0.1) is 27.7 Å². The number of likely N-dealkylation sites (tertiary alicyclic amines) is 1. The summed E-state index contributed by atoms with van der Waals surface area (Å²) in [5.74, 6) is 1.38. The molecule has 8 heteroatoms. The van der Waals surface area contributed by atoms with E-state index in [1.807, 2.05) is 31.7 Å². The number of amides is 1. The summed E-state index contributed by atoms with van der Waals surface area (Å²) in [6.45, 7) is 8.12. The van der Waals surface area contributed by atoms with Crippen LogP contribution in [0.25, 0.3) is 11.4 Å². The van der Waals surface area contributed by atoms with E-state index in [1.165, 1.54) is 0 Å². The molecule has 0 spiro atoms. The molecule has 3 aromatic heterocycles. The number of rotatable bonds is 3. The highest BCUT2D eigenvalue weighted by Gasteiger charge is 2.32. The molecule has 1 atom stereocenters. The topological polar surface area (TPSA) is 98.2 Å². The molecule has 0 aliphatic carbocycles. The SMILES string of the molecule is Cc1cc(C(=O)N2CCCC[C@@H]2c2cc(C)nc(-c3c(C)noc3C)n2)on1. The molecule has 0 aromatic carbocycles. The molecule has 1 amide bonds. The highest BCUT2D eigenvalue weighted by Crippen LogP contribution is 2.33. The average molecular weight is 381 g/mol. The standard InChI is InChI=1S/C20H23N5O3/c1-11-9-15(22-19(21-11)18-13(3)24-27-14(18)4)16-7-5-6-8-25(16)20(26)17-10-12(2)23-28-17/h9-10,16H,5-8H2,1-4H3/t16-/m1/s1. The van der Waals surface area contributed by atoms with Crippen molar-refractivity contribution in [1.29, 1.82) is 0 Å². The molecule has 0 saturated carbocycles. The summed E-state index contributed by atoms with van der Waals surface area (Å²) in [5.41, 5.74) is 3.92. The van der Waals surface area contributed by atoms with Gasteiger partial charge < -0.3 is 13.9 Å². The molecule has 1 aliphatic rings. The molecule has 0 unspecified atom stereocenters. The minimum Gasteiger partial charge on any atom is -0.361 e. The zero-order chi connectivity index (χ0) is 19.8. The molecule has 1 saturated heterocycles. The zero-order valence-electron chi connectivity index (χ0n) is 16.5. The molecule has 0 radical (unpaired) electrons. The monoisotopic (exact) mass is 381 g/mol. The summed E-state index contributed by atoms with van der Waals surface area (Å²) in [6, 6.07) is 3.49. The third kappa shape index (κ3) is 3.30. The van der Waals surface area contributed by atoms with Crippen molar-refractivity contribution in [3.05, 3.63) is 46.4 Å². The van der Waals surface area contributed by atoms with E-state index in [0.717, 1.165) is 41.9 Å². The average Bonchev–Trinajstić information content (AvgIpc) is 3.26. The first kappa shape index (κ1) is 18.3. The lowest BCUT2D eigenvalue weighted by Crippen LogP contribution is -2.38. The number of hydrogen-bond acceptors (Lipinski definition) is 7. The smallest absolute Gasteiger partial charge is 0.293 e. The predicted octanol–water partition coefficient (Wildman–Crippen LogP) is 3.72. The van der Waals surface area contributed by atoms with Gasteiger partial charge in [0, 0.05) is 18.3 Å². The Balaban J connectivity index is 1.73. The fraction of sp³-hybridized carbons (Fsp3) is 0.450. The quantitative estimate of drug-likeness (QED) is 0.682. The fourth-order valence-electron chi connectivity index (χ4n) is 3.77. The van der Waals surface area contributed by atoms with Crippen molar-refractivity contribution in [2.24, 2.45) is 0 Å². The summed E-state index contributed by atoms with van der Waals surface area (Å²) in [7, 11) is 0. The van der Waals surface area contributed by atoms with Gasteiger partial charge in [0.2, 0.25) is 5.76 Å². The Morgan fingerprint density at radius 3 is 2.54 bits per heavy atom. The van der Waals surface area contributed by atoms with Crippen LogP contribution in [0.15, 0.2) is 21.2 Å². The number of piperidine rings is 1. The summed E-state index contributed by atoms with van der Waals surface area (Å²) >= 11 is 0.